The van der Waals surface area contributed by atoms with E-state index in [0.29, 0.717) is 33.7 Å². The Hall–Kier alpha value is -1.99. The van der Waals surface area contributed by atoms with E-state index >= 15 is 0 Å². The van der Waals surface area contributed by atoms with Crippen molar-refractivity contribution in [2.24, 2.45) is 11.8 Å². The van der Waals surface area contributed by atoms with E-state index in [9.17, 15) is 9.90 Å². The van der Waals surface area contributed by atoms with Crippen LogP contribution in [0.15, 0.2) is 59.3 Å². The van der Waals surface area contributed by atoms with Crippen LogP contribution in [-0.2, 0) is 28.0 Å². The van der Waals surface area contributed by atoms with Gasteiger partial charge in [-0.1, -0.05) is 36.4 Å². The largest absolute Gasteiger partial charge is 0.833 e. The zero-order chi connectivity index (χ0) is 23.5. The lowest BCUT2D eigenvalue weighted by molar-refractivity contribution is -0.942. The predicted octanol–water partition coefficient (Wildman–Crippen LogP) is 4.37. The molecule has 34 heavy (non-hydrogen) atoms. The van der Waals surface area contributed by atoms with Crippen LogP contribution >= 0.6 is 22.7 Å². The smallest absolute Gasteiger partial charge is 0.306 e. The Morgan fingerprint density at radius 2 is 1.59 bits per heavy atom. The monoisotopic (exact) mass is 493 g/mol. The first-order valence-electron chi connectivity index (χ1n) is 12.3. The summed E-state index contributed by atoms with van der Waals surface area (Å²) < 4.78 is 7.13. The predicted molar refractivity (Wildman–Crippen MR) is 134 cm³/mol. The summed E-state index contributed by atoms with van der Waals surface area (Å²) in [4.78, 5) is 14.6. The van der Waals surface area contributed by atoms with Crippen LogP contribution in [-0.4, -0.2) is 42.7 Å². The van der Waals surface area contributed by atoms with Crippen molar-refractivity contribution in [3.8, 4) is 0 Å². The molecular formula is C28H31NO3S2. The van der Waals surface area contributed by atoms with Gasteiger partial charge < -0.3 is 14.3 Å². The minimum atomic E-state index is -1.98. The second-order valence-electron chi connectivity index (χ2n) is 10.8. The zero-order valence-electron chi connectivity index (χ0n) is 19.7. The summed E-state index contributed by atoms with van der Waals surface area (Å²) in [7, 11) is 4.76. The summed E-state index contributed by atoms with van der Waals surface area (Å²) in [6.07, 6.45) is 5.23. The van der Waals surface area contributed by atoms with Crippen molar-refractivity contribution < 1.29 is 19.1 Å². The molecule has 0 radical (unpaired) electrons. The molecule has 0 aliphatic heterocycles. The van der Waals surface area contributed by atoms with E-state index < -0.39 is 11.6 Å². The van der Waals surface area contributed by atoms with Gasteiger partial charge in [0.15, 0.2) is 0 Å². The quantitative estimate of drug-likeness (QED) is 0.379. The standard InChI is InChI=1S/C28H31NO3S2/c1-29(2,21-15-18-7-3-4-8-19(18)16-21)26-20-11-12-22(26)23(17-20)32-27(30)28(31,24-9-5-13-33-24)25-10-6-14-34-25/h3-10,13-14,20-23,26H,11-12,15-17H2,1-2H3/t20?,22-,23-,26?/m1/s1. The number of likely N-dealkylation sites (N-methyl/N-ethyl adjacent to an activating group) is 1. The summed E-state index contributed by atoms with van der Waals surface area (Å²) in [5, 5.41) is 17.8. The van der Waals surface area contributed by atoms with Gasteiger partial charge in [0.1, 0.15) is 6.10 Å². The molecule has 3 aliphatic rings. The van der Waals surface area contributed by atoms with Gasteiger partial charge in [-0.3, -0.25) is 4.79 Å². The third-order valence-electron chi connectivity index (χ3n) is 8.83. The van der Waals surface area contributed by atoms with Crippen molar-refractivity contribution in [3.63, 3.8) is 0 Å². The van der Waals surface area contributed by atoms with Gasteiger partial charge in [0.25, 0.3) is 0 Å². The van der Waals surface area contributed by atoms with Gasteiger partial charge in [-0.25, -0.2) is 0 Å². The van der Waals surface area contributed by atoms with Crippen molar-refractivity contribution in [2.45, 2.75) is 55.9 Å². The number of thiophene rings is 2. The number of quaternary nitrogens is 1. The molecule has 178 valence electrons. The normalized spacial score (nSPS) is 26.7. The average Bonchev–Trinajstić information content (AvgIpc) is 3.66. The molecule has 2 bridgehead atoms. The summed E-state index contributed by atoms with van der Waals surface area (Å²) in [5.74, 6) is 0.238. The molecule has 2 fully saturated rings. The third kappa shape index (κ3) is 3.41. The van der Waals surface area contributed by atoms with Gasteiger partial charge >= 0.3 is 5.97 Å². The number of hydrogen-bond donors (Lipinski definition) is 0. The number of nitrogens with zero attached hydrogens (tertiary/aromatic N) is 1. The Kier molecular flexibility index (Phi) is 5.49. The highest BCUT2D eigenvalue weighted by Gasteiger charge is 2.59. The van der Waals surface area contributed by atoms with Crippen LogP contribution in [0.5, 0.6) is 0 Å². The van der Waals surface area contributed by atoms with Gasteiger partial charge in [0.2, 0.25) is 0 Å². The van der Waals surface area contributed by atoms with Gasteiger partial charge in [-0.05, 0) is 53.3 Å². The molecule has 4 atom stereocenters. The van der Waals surface area contributed by atoms with E-state index in [1.165, 1.54) is 40.2 Å². The van der Waals surface area contributed by atoms with Gasteiger partial charge in [-0.15, -0.1) is 22.7 Å². The number of hydrogen-bond acceptors (Lipinski definition) is 5. The Morgan fingerprint density at radius 3 is 2.15 bits per heavy atom. The third-order valence-corrected chi connectivity index (χ3v) is 10.8. The molecule has 3 aliphatic carbocycles. The van der Waals surface area contributed by atoms with Crippen molar-refractivity contribution in [3.05, 3.63) is 80.2 Å². The Labute approximate surface area is 209 Å². The highest BCUT2D eigenvalue weighted by atomic mass is 32.1. The van der Waals surface area contributed by atoms with Crippen LogP contribution in [0.2, 0.25) is 0 Å². The molecule has 2 aromatic heterocycles. The summed E-state index contributed by atoms with van der Waals surface area (Å²) in [6, 6.07) is 17.1. The molecule has 0 amide bonds. The molecule has 6 heteroatoms. The number of rotatable bonds is 6. The maximum absolute atomic E-state index is 14.1. The first kappa shape index (κ1) is 22.5. The molecule has 2 saturated carbocycles. The zero-order valence-corrected chi connectivity index (χ0v) is 21.3. The second kappa shape index (κ2) is 8.30. The average molecular weight is 494 g/mol. The van der Waals surface area contributed by atoms with E-state index in [4.69, 9.17) is 4.74 Å². The van der Waals surface area contributed by atoms with E-state index in [1.807, 2.05) is 22.9 Å². The van der Waals surface area contributed by atoms with Crippen molar-refractivity contribution in [1.29, 1.82) is 0 Å². The molecule has 0 saturated heterocycles. The molecular weight excluding hydrogens is 462 g/mol. The van der Waals surface area contributed by atoms with E-state index in [-0.39, 0.29) is 6.10 Å². The number of fused-ring (bicyclic) bond motifs is 3. The highest BCUT2D eigenvalue weighted by Crippen LogP contribution is 2.52. The summed E-state index contributed by atoms with van der Waals surface area (Å²) in [6.45, 7) is 0. The van der Waals surface area contributed by atoms with Gasteiger partial charge in [0, 0.05) is 34.4 Å². The van der Waals surface area contributed by atoms with Gasteiger partial charge in [-0.2, -0.15) is 0 Å². The summed E-state index contributed by atoms with van der Waals surface area (Å²) in [5.41, 5.74) is 0.988. The Morgan fingerprint density at radius 1 is 0.971 bits per heavy atom. The van der Waals surface area contributed by atoms with Crippen LogP contribution in [0.3, 0.4) is 0 Å². The van der Waals surface area contributed by atoms with Crippen LogP contribution in [0.25, 0.3) is 0 Å². The molecule has 6 rings (SSSR count). The fourth-order valence-corrected chi connectivity index (χ4v) is 8.86. The lowest BCUT2D eigenvalue weighted by Gasteiger charge is -2.44. The minimum Gasteiger partial charge on any atom is -0.833 e. The molecule has 2 heterocycles. The van der Waals surface area contributed by atoms with E-state index in [0.717, 1.165) is 30.2 Å². The van der Waals surface area contributed by atoms with Crippen LogP contribution in [0.1, 0.15) is 40.1 Å². The van der Waals surface area contributed by atoms with Crippen LogP contribution in [0.4, 0.5) is 0 Å². The topological polar surface area (TPSA) is 49.4 Å². The molecule has 0 N–H and O–H groups in total. The maximum atomic E-state index is 14.1. The second-order valence-corrected chi connectivity index (χ2v) is 12.7. The fourth-order valence-electron chi connectivity index (χ4n) is 7.16. The first-order valence-corrected chi connectivity index (χ1v) is 14.0. The maximum Gasteiger partial charge on any atom is 0.306 e. The van der Waals surface area contributed by atoms with Crippen molar-refractivity contribution >= 4 is 28.6 Å². The number of carbonyl (C=O) groups excluding carboxylic acids is 1. The van der Waals surface area contributed by atoms with Crippen LogP contribution < -0.4 is 5.11 Å². The molecule has 3 aromatic rings. The molecule has 2 unspecified atom stereocenters. The van der Waals surface area contributed by atoms with Crippen molar-refractivity contribution in [1.82, 2.24) is 0 Å². The Bertz CT molecular complexity index is 1110. The lowest BCUT2D eigenvalue weighted by Crippen LogP contribution is -2.58. The van der Waals surface area contributed by atoms with E-state index in [2.05, 4.69) is 38.4 Å². The molecule has 1 aromatic carbocycles. The highest BCUT2D eigenvalue weighted by molar-refractivity contribution is 7.12. The lowest BCUT2D eigenvalue weighted by atomic mass is 9.96. The van der Waals surface area contributed by atoms with Crippen LogP contribution in [0, 0.1) is 11.8 Å². The minimum absolute atomic E-state index is 0.161. The number of esters is 1. The first-order chi connectivity index (χ1) is 16.4. The number of benzene rings is 1. The number of carbonyl (C=O) groups is 1. The molecule has 4 nitrogen and oxygen atoms in total. The van der Waals surface area contributed by atoms with Gasteiger partial charge in [0.05, 0.1) is 31.8 Å². The van der Waals surface area contributed by atoms with E-state index in [1.54, 1.807) is 12.1 Å². The SMILES string of the molecule is C[N+](C)(C1Cc2ccccc2C1)C1C2CC[C@@H]1[C@H](OC(=O)C([O-])(c1cccs1)c1cccs1)C2. The number of ether oxygens (including phenoxy) is 1. The summed E-state index contributed by atoms with van der Waals surface area (Å²) >= 11 is 2.67. The Balaban J connectivity index is 1.23. The van der Waals surface area contributed by atoms with Crippen molar-refractivity contribution in [2.75, 3.05) is 14.1 Å². The molecule has 0 spiro atoms. The fraction of sp³-hybridized carbons (Fsp3) is 0.464.